The van der Waals surface area contributed by atoms with E-state index in [1.807, 2.05) is 52.8 Å². The summed E-state index contributed by atoms with van der Waals surface area (Å²) in [6, 6.07) is 5.81. The Balaban J connectivity index is 1.96. The van der Waals surface area contributed by atoms with Crippen LogP contribution in [-0.4, -0.2) is 17.5 Å². The van der Waals surface area contributed by atoms with E-state index >= 15 is 0 Å². The lowest BCUT2D eigenvalue weighted by Gasteiger charge is -2.35. The SMILES string of the molecule is Cc1cccc(NC(=O)C23CCC(C)(C(=O)O2)C3(C)C)c1C. The predicted molar refractivity (Wildman–Crippen MR) is 84.5 cm³/mol. The van der Waals surface area contributed by atoms with E-state index in [0.29, 0.717) is 12.8 Å². The van der Waals surface area contributed by atoms with Gasteiger partial charge < -0.3 is 10.1 Å². The largest absolute Gasteiger partial charge is 0.448 e. The van der Waals surface area contributed by atoms with Gasteiger partial charge in [-0.05, 0) is 50.8 Å². The zero-order chi connectivity index (χ0) is 16.3. The summed E-state index contributed by atoms with van der Waals surface area (Å²) in [5, 5.41) is 2.99. The van der Waals surface area contributed by atoms with Gasteiger partial charge in [-0.1, -0.05) is 26.0 Å². The normalized spacial score (nSPS) is 32.0. The van der Waals surface area contributed by atoms with Crippen LogP contribution in [0.5, 0.6) is 0 Å². The molecule has 1 aromatic carbocycles. The minimum atomic E-state index is -1.06. The Labute approximate surface area is 131 Å². The molecule has 1 saturated carbocycles. The minimum absolute atomic E-state index is 0.208. The van der Waals surface area contributed by atoms with Gasteiger partial charge in [0.1, 0.15) is 0 Å². The Morgan fingerprint density at radius 2 is 1.86 bits per heavy atom. The highest BCUT2D eigenvalue weighted by Gasteiger charge is 2.75. The van der Waals surface area contributed by atoms with Crippen molar-refractivity contribution in [1.29, 1.82) is 0 Å². The monoisotopic (exact) mass is 301 g/mol. The van der Waals surface area contributed by atoms with Crippen LogP contribution in [0.2, 0.25) is 0 Å². The van der Waals surface area contributed by atoms with Crippen LogP contribution in [0.1, 0.15) is 44.7 Å². The second-order valence-corrected chi connectivity index (χ2v) is 7.38. The van der Waals surface area contributed by atoms with E-state index in [0.717, 1.165) is 16.8 Å². The van der Waals surface area contributed by atoms with E-state index in [1.165, 1.54) is 0 Å². The molecule has 1 amide bonds. The van der Waals surface area contributed by atoms with E-state index in [9.17, 15) is 9.59 Å². The zero-order valence-electron chi connectivity index (χ0n) is 13.9. The third-order valence-electron chi connectivity index (χ3n) is 6.30. The van der Waals surface area contributed by atoms with E-state index < -0.39 is 16.4 Å². The van der Waals surface area contributed by atoms with Gasteiger partial charge in [0.05, 0.1) is 5.41 Å². The van der Waals surface area contributed by atoms with Crippen LogP contribution in [0.4, 0.5) is 5.69 Å². The van der Waals surface area contributed by atoms with Gasteiger partial charge in [-0.25, -0.2) is 0 Å². The Kier molecular flexibility index (Phi) is 2.97. The lowest BCUT2D eigenvalue weighted by Crippen LogP contribution is -2.50. The fourth-order valence-electron chi connectivity index (χ4n) is 3.86. The summed E-state index contributed by atoms with van der Waals surface area (Å²) in [5.74, 6) is -0.458. The highest BCUT2D eigenvalue weighted by atomic mass is 16.6. The molecule has 1 saturated heterocycles. The first-order valence-corrected chi connectivity index (χ1v) is 7.77. The maximum atomic E-state index is 13.0. The van der Waals surface area contributed by atoms with Gasteiger partial charge in [-0.15, -0.1) is 0 Å². The lowest BCUT2D eigenvalue weighted by molar-refractivity contribution is -0.165. The van der Waals surface area contributed by atoms with Crippen molar-refractivity contribution in [2.24, 2.45) is 10.8 Å². The molecular formula is C18H23NO3. The van der Waals surface area contributed by atoms with E-state index in [4.69, 9.17) is 4.74 Å². The minimum Gasteiger partial charge on any atom is -0.448 e. The molecule has 2 atom stereocenters. The van der Waals surface area contributed by atoms with Crippen molar-refractivity contribution in [2.45, 2.75) is 53.1 Å². The smallest absolute Gasteiger partial charge is 0.313 e. The summed E-state index contributed by atoms with van der Waals surface area (Å²) in [7, 11) is 0. The Bertz CT molecular complexity index is 679. The standard InChI is InChI=1S/C18H23NO3/c1-11-7-6-8-13(12(11)2)19-14(20)18-10-9-17(5,15(21)22-18)16(18,3)4/h6-8H,9-10H2,1-5H3,(H,19,20). The number of carbonyl (C=O) groups excluding carboxylic acids is 2. The summed E-state index contributed by atoms with van der Waals surface area (Å²) in [6.07, 6.45) is 1.28. The number of nitrogens with one attached hydrogen (secondary N) is 1. The van der Waals surface area contributed by atoms with Crippen molar-refractivity contribution in [2.75, 3.05) is 5.32 Å². The number of carbonyl (C=O) groups is 2. The van der Waals surface area contributed by atoms with Gasteiger partial charge in [0, 0.05) is 11.1 Å². The molecule has 1 aliphatic heterocycles. The molecule has 0 aromatic heterocycles. The van der Waals surface area contributed by atoms with Gasteiger partial charge in [-0.3, -0.25) is 9.59 Å². The Hall–Kier alpha value is -1.84. The number of benzene rings is 1. The van der Waals surface area contributed by atoms with Crippen LogP contribution in [-0.2, 0) is 14.3 Å². The molecule has 2 bridgehead atoms. The number of amides is 1. The van der Waals surface area contributed by atoms with E-state index in [-0.39, 0.29) is 11.9 Å². The van der Waals surface area contributed by atoms with Crippen molar-refractivity contribution < 1.29 is 14.3 Å². The number of ether oxygens (including phenoxy) is 1. The molecule has 4 nitrogen and oxygen atoms in total. The summed E-state index contributed by atoms with van der Waals surface area (Å²) in [6.45, 7) is 9.83. The number of fused-ring (bicyclic) bond motifs is 2. The molecular weight excluding hydrogens is 278 g/mol. The molecule has 3 rings (SSSR count). The second kappa shape index (κ2) is 4.34. The van der Waals surface area contributed by atoms with Crippen LogP contribution >= 0.6 is 0 Å². The van der Waals surface area contributed by atoms with Crippen LogP contribution in [0.15, 0.2) is 18.2 Å². The molecule has 1 aliphatic carbocycles. The Morgan fingerprint density at radius 3 is 2.41 bits per heavy atom. The summed E-state index contributed by atoms with van der Waals surface area (Å²) < 4.78 is 5.62. The molecule has 22 heavy (non-hydrogen) atoms. The third kappa shape index (κ3) is 1.58. The summed E-state index contributed by atoms with van der Waals surface area (Å²) in [4.78, 5) is 25.2. The Morgan fingerprint density at radius 1 is 1.18 bits per heavy atom. The number of rotatable bonds is 2. The summed E-state index contributed by atoms with van der Waals surface area (Å²) in [5.41, 5.74) is 0.788. The van der Waals surface area contributed by atoms with Gasteiger partial charge in [0.2, 0.25) is 0 Å². The highest BCUT2D eigenvalue weighted by Crippen LogP contribution is 2.65. The highest BCUT2D eigenvalue weighted by molar-refractivity contribution is 6.03. The molecule has 0 spiro atoms. The van der Waals surface area contributed by atoms with Crippen molar-refractivity contribution in [3.63, 3.8) is 0 Å². The topological polar surface area (TPSA) is 55.4 Å². The number of hydrogen-bond acceptors (Lipinski definition) is 3. The molecule has 0 radical (unpaired) electrons. The predicted octanol–water partition coefficient (Wildman–Crippen LogP) is 3.36. The third-order valence-corrected chi connectivity index (χ3v) is 6.30. The molecule has 2 aliphatic rings. The lowest BCUT2D eigenvalue weighted by atomic mass is 9.66. The molecule has 118 valence electrons. The fourth-order valence-corrected chi connectivity index (χ4v) is 3.86. The average Bonchev–Trinajstić information content (AvgIpc) is 2.74. The number of esters is 1. The molecule has 4 heteroatoms. The zero-order valence-corrected chi connectivity index (χ0v) is 13.9. The van der Waals surface area contributed by atoms with Gasteiger partial charge >= 0.3 is 5.97 Å². The van der Waals surface area contributed by atoms with Crippen LogP contribution in [0.3, 0.4) is 0 Å². The molecule has 1 aromatic rings. The number of hydrogen-bond donors (Lipinski definition) is 1. The van der Waals surface area contributed by atoms with Crippen molar-refractivity contribution in [1.82, 2.24) is 0 Å². The maximum absolute atomic E-state index is 13.0. The van der Waals surface area contributed by atoms with E-state index in [2.05, 4.69) is 5.32 Å². The van der Waals surface area contributed by atoms with E-state index in [1.54, 1.807) is 0 Å². The summed E-state index contributed by atoms with van der Waals surface area (Å²) >= 11 is 0. The van der Waals surface area contributed by atoms with Crippen LogP contribution in [0, 0.1) is 24.7 Å². The van der Waals surface area contributed by atoms with Crippen LogP contribution < -0.4 is 5.32 Å². The molecule has 2 unspecified atom stereocenters. The average molecular weight is 301 g/mol. The van der Waals surface area contributed by atoms with Crippen molar-refractivity contribution in [3.8, 4) is 0 Å². The van der Waals surface area contributed by atoms with Gasteiger partial charge in [0.25, 0.3) is 5.91 Å². The van der Waals surface area contributed by atoms with Crippen molar-refractivity contribution in [3.05, 3.63) is 29.3 Å². The first kappa shape index (κ1) is 15.1. The van der Waals surface area contributed by atoms with Gasteiger partial charge in [-0.2, -0.15) is 0 Å². The molecule has 2 fully saturated rings. The maximum Gasteiger partial charge on any atom is 0.313 e. The first-order chi connectivity index (χ1) is 10.2. The first-order valence-electron chi connectivity index (χ1n) is 7.77. The number of anilines is 1. The van der Waals surface area contributed by atoms with Crippen LogP contribution in [0.25, 0.3) is 0 Å². The molecule has 1 heterocycles. The quantitative estimate of drug-likeness (QED) is 0.852. The van der Waals surface area contributed by atoms with Crippen molar-refractivity contribution >= 4 is 17.6 Å². The fraction of sp³-hybridized carbons (Fsp3) is 0.556. The second-order valence-electron chi connectivity index (χ2n) is 7.38. The number of aryl methyl sites for hydroxylation is 1. The van der Waals surface area contributed by atoms with Gasteiger partial charge in [0.15, 0.2) is 5.60 Å². The molecule has 1 N–H and O–H groups in total.